The highest BCUT2D eigenvalue weighted by atomic mass is 16.6. The van der Waals surface area contributed by atoms with Gasteiger partial charge in [-0.25, -0.2) is 10.1 Å². The molecule has 2 heterocycles. The molecule has 4 rings (SSSR count). The Morgan fingerprint density at radius 1 is 1.12 bits per heavy atom. The van der Waals surface area contributed by atoms with Crippen LogP contribution in [0.3, 0.4) is 0 Å². The number of hydrogen-bond donors (Lipinski definition) is 2. The number of nitrogen functional groups attached to an aromatic ring is 1. The van der Waals surface area contributed by atoms with Crippen molar-refractivity contribution >= 4 is 17.4 Å². The molecule has 3 N–H and O–H groups in total. The second-order valence-electron chi connectivity index (χ2n) is 7.26. The van der Waals surface area contributed by atoms with Crippen molar-refractivity contribution in [2.24, 2.45) is 5.10 Å². The lowest BCUT2D eigenvalue weighted by molar-refractivity contribution is 0.0950. The van der Waals surface area contributed by atoms with E-state index in [1.54, 1.807) is 24.3 Å². The van der Waals surface area contributed by atoms with E-state index in [2.05, 4.69) is 31.2 Å². The fourth-order valence-corrected chi connectivity index (χ4v) is 3.26. The number of amides is 1. The summed E-state index contributed by atoms with van der Waals surface area (Å²) < 4.78 is 11.7. The number of nitrogens with zero attached hydrogens (tertiary/aromatic N) is 6. The monoisotopic (exact) mass is 460 g/mol. The molecule has 0 aliphatic rings. The van der Waals surface area contributed by atoms with Crippen molar-refractivity contribution < 1.29 is 14.2 Å². The van der Waals surface area contributed by atoms with E-state index >= 15 is 0 Å². The average molecular weight is 460 g/mol. The summed E-state index contributed by atoms with van der Waals surface area (Å²) in [6.45, 7) is 4.60. The van der Waals surface area contributed by atoms with Gasteiger partial charge in [-0.1, -0.05) is 49.4 Å². The fraction of sp³-hybridized carbons (Fsp3) is 0.217. The molecule has 0 radical (unpaired) electrons. The highest BCUT2D eigenvalue weighted by Crippen LogP contribution is 2.28. The molecule has 0 bridgehead atoms. The molecule has 2 aromatic carbocycles. The Kier molecular flexibility index (Phi) is 6.92. The van der Waals surface area contributed by atoms with Gasteiger partial charge in [-0.2, -0.15) is 9.78 Å². The van der Waals surface area contributed by atoms with E-state index < -0.39 is 5.91 Å². The minimum Gasteiger partial charge on any atom is -0.494 e. The van der Waals surface area contributed by atoms with E-state index in [9.17, 15) is 4.79 Å². The molecule has 1 amide bonds. The predicted molar refractivity (Wildman–Crippen MR) is 126 cm³/mol. The van der Waals surface area contributed by atoms with E-state index in [4.69, 9.17) is 15.1 Å². The Balaban J connectivity index is 1.70. The summed E-state index contributed by atoms with van der Waals surface area (Å²) in [7, 11) is 0. The van der Waals surface area contributed by atoms with Gasteiger partial charge in [0.1, 0.15) is 11.4 Å². The molecule has 0 atom stereocenters. The first kappa shape index (κ1) is 22.6. The molecular formula is C23H24N8O3. The lowest BCUT2D eigenvalue weighted by atomic mass is 10.1. The third-order valence-electron chi connectivity index (χ3n) is 4.92. The smallest absolute Gasteiger partial charge is 0.294 e. The van der Waals surface area contributed by atoms with Gasteiger partial charge in [0.2, 0.25) is 11.6 Å². The number of hydrazone groups is 1. The number of benzene rings is 2. The van der Waals surface area contributed by atoms with Gasteiger partial charge in [0.05, 0.1) is 12.3 Å². The van der Waals surface area contributed by atoms with Crippen LogP contribution in [0, 0.1) is 0 Å². The zero-order chi connectivity index (χ0) is 23.9. The average Bonchev–Trinajstić information content (AvgIpc) is 3.50. The Labute approximate surface area is 195 Å². The number of rotatable bonds is 9. The molecule has 0 fully saturated rings. The van der Waals surface area contributed by atoms with Gasteiger partial charge in [0.15, 0.2) is 5.69 Å². The maximum absolute atomic E-state index is 13.1. The molecule has 0 aliphatic heterocycles. The fourth-order valence-electron chi connectivity index (χ4n) is 3.26. The van der Waals surface area contributed by atoms with Crippen LogP contribution in [0.25, 0.3) is 17.1 Å². The van der Waals surface area contributed by atoms with Gasteiger partial charge in [-0.3, -0.25) is 4.79 Å². The number of aromatic nitrogens is 5. The lowest BCUT2D eigenvalue weighted by Gasteiger charge is -2.09. The summed E-state index contributed by atoms with van der Waals surface area (Å²) >= 11 is 0. The van der Waals surface area contributed by atoms with Gasteiger partial charge in [0.25, 0.3) is 5.91 Å². The van der Waals surface area contributed by atoms with Crippen LogP contribution in [0.5, 0.6) is 5.75 Å². The Bertz CT molecular complexity index is 1280. The summed E-state index contributed by atoms with van der Waals surface area (Å²) in [6.07, 6.45) is 1.52. The molecule has 0 spiro atoms. The molecule has 0 saturated heterocycles. The van der Waals surface area contributed by atoms with Crippen molar-refractivity contribution in [3.63, 3.8) is 0 Å². The molecule has 11 nitrogen and oxygen atoms in total. The Morgan fingerprint density at radius 2 is 1.88 bits per heavy atom. The number of ether oxygens (including phenoxy) is 1. The molecule has 0 unspecified atom stereocenters. The van der Waals surface area contributed by atoms with Crippen molar-refractivity contribution in [1.29, 1.82) is 0 Å². The number of hydrogen-bond acceptors (Lipinski definition) is 9. The lowest BCUT2D eigenvalue weighted by Crippen LogP contribution is -2.21. The molecule has 0 aliphatic carbocycles. The first-order chi connectivity index (χ1) is 16.6. The Hall–Kier alpha value is -4.54. The molecule has 11 heteroatoms. The minimum atomic E-state index is -0.538. The second-order valence-corrected chi connectivity index (χ2v) is 7.26. The van der Waals surface area contributed by atoms with Crippen LogP contribution in [-0.2, 0) is 0 Å². The van der Waals surface area contributed by atoms with Crippen molar-refractivity contribution in [3.8, 4) is 22.8 Å². The topological polar surface area (TPSA) is 146 Å². The summed E-state index contributed by atoms with van der Waals surface area (Å²) in [5.74, 6) is 0.300. The van der Waals surface area contributed by atoms with Gasteiger partial charge in [-0.15, -0.1) is 5.10 Å². The molecule has 0 saturated carbocycles. The summed E-state index contributed by atoms with van der Waals surface area (Å²) in [5.41, 5.74) is 11.1. The van der Waals surface area contributed by atoms with Crippen molar-refractivity contribution in [1.82, 2.24) is 30.7 Å². The van der Waals surface area contributed by atoms with E-state index in [-0.39, 0.29) is 17.3 Å². The van der Waals surface area contributed by atoms with Crippen LogP contribution >= 0.6 is 0 Å². The third kappa shape index (κ3) is 4.77. The van der Waals surface area contributed by atoms with E-state index in [0.717, 1.165) is 17.7 Å². The van der Waals surface area contributed by atoms with Crippen molar-refractivity contribution in [3.05, 3.63) is 65.9 Å². The number of nitrogens with one attached hydrogen (secondary N) is 1. The maximum atomic E-state index is 13.1. The van der Waals surface area contributed by atoms with Crippen LogP contribution in [0.2, 0.25) is 0 Å². The standard InChI is InChI=1S/C23H24N8O3/c1-3-14-33-17-12-10-16(11-13-17)20-19(26-30-31(20)22-21(24)28-34-29-22)23(32)27-25-18(4-2)15-8-6-5-7-9-15/h5-13H,3-4,14H2,1-2H3,(H2,24,28)(H,27,32). The Morgan fingerprint density at radius 3 is 2.53 bits per heavy atom. The summed E-state index contributed by atoms with van der Waals surface area (Å²) in [5, 5.41) is 19.9. The SMILES string of the molecule is CCCOc1ccc(-c2c(C(=O)NN=C(CC)c3ccccc3)nnn2-c2nonc2N)cc1. The molecular weight excluding hydrogens is 436 g/mol. The highest BCUT2D eigenvalue weighted by molar-refractivity contribution is 6.03. The molecule has 174 valence electrons. The van der Waals surface area contributed by atoms with Crippen LogP contribution in [0.15, 0.2) is 64.3 Å². The zero-order valence-electron chi connectivity index (χ0n) is 18.8. The third-order valence-corrected chi connectivity index (χ3v) is 4.92. The normalized spacial score (nSPS) is 11.4. The van der Waals surface area contributed by atoms with Gasteiger partial charge >= 0.3 is 0 Å². The van der Waals surface area contributed by atoms with Crippen LogP contribution < -0.4 is 15.9 Å². The van der Waals surface area contributed by atoms with E-state index in [1.807, 2.05) is 44.2 Å². The van der Waals surface area contributed by atoms with Crippen LogP contribution in [0.1, 0.15) is 42.7 Å². The number of carbonyl (C=O) groups is 1. The second kappa shape index (κ2) is 10.4. The van der Waals surface area contributed by atoms with Gasteiger partial charge < -0.3 is 10.5 Å². The number of carbonyl (C=O) groups excluding carboxylic acids is 1. The van der Waals surface area contributed by atoms with E-state index in [0.29, 0.717) is 30.0 Å². The highest BCUT2D eigenvalue weighted by Gasteiger charge is 2.25. The molecule has 2 aromatic heterocycles. The minimum absolute atomic E-state index is 0.0105. The number of anilines is 1. The van der Waals surface area contributed by atoms with Crippen molar-refractivity contribution in [2.75, 3.05) is 12.3 Å². The van der Waals surface area contributed by atoms with Crippen LogP contribution in [0.4, 0.5) is 5.82 Å². The number of nitrogens with two attached hydrogens (primary N) is 1. The molecule has 34 heavy (non-hydrogen) atoms. The first-order valence-corrected chi connectivity index (χ1v) is 10.8. The first-order valence-electron chi connectivity index (χ1n) is 10.8. The largest absolute Gasteiger partial charge is 0.494 e. The summed E-state index contributed by atoms with van der Waals surface area (Å²) in [6, 6.07) is 16.8. The van der Waals surface area contributed by atoms with Crippen LogP contribution in [-0.4, -0.2) is 43.5 Å². The zero-order valence-corrected chi connectivity index (χ0v) is 18.8. The predicted octanol–water partition coefficient (Wildman–Crippen LogP) is 3.23. The van der Waals surface area contributed by atoms with Gasteiger partial charge in [0, 0.05) is 5.56 Å². The van der Waals surface area contributed by atoms with E-state index in [1.165, 1.54) is 4.68 Å². The molecule has 4 aromatic rings. The quantitative estimate of drug-likeness (QED) is 0.286. The van der Waals surface area contributed by atoms with Crippen molar-refractivity contribution in [2.45, 2.75) is 26.7 Å². The summed E-state index contributed by atoms with van der Waals surface area (Å²) in [4.78, 5) is 13.1. The van der Waals surface area contributed by atoms with Gasteiger partial charge in [-0.05, 0) is 53.0 Å². The maximum Gasteiger partial charge on any atom is 0.294 e.